The molecule has 12 heavy (non-hydrogen) atoms. The van der Waals surface area contributed by atoms with Crippen molar-refractivity contribution in [2.45, 2.75) is 6.42 Å². The van der Waals surface area contributed by atoms with Gasteiger partial charge in [0, 0.05) is 10.9 Å². The zero-order valence-electron chi connectivity index (χ0n) is 6.17. The van der Waals surface area contributed by atoms with Gasteiger partial charge in [-0.1, -0.05) is 44.8 Å². The summed E-state index contributed by atoms with van der Waals surface area (Å²) in [5.41, 5.74) is 1.01. The van der Waals surface area contributed by atoms with Crippen LogP contribution in [-0.4, -0.2) is 10.4 Å². The average Bonchev–Trinajstić information content (AvgIpc) is 2.09. The minimum absolute atomic E-state index is 0.192. The largest absolute Gasteiger partial charge is 0.410 e. The molecule has 1 aromatic rings. The van der Waals surface area contributed by atoms with Crippen LogP contribution in [0.2, 0.25) is 0 Å². The van der Waals surface area contributed by atoms with Crippen LogP contribution in [-0.2, 0) is 6.42 Å². The van der Waals surface area contributed by atoms with Gasteiger partial charge in [-0.15, -0.1) is 0 Å². The summed E-state index contributed by atoms with van der Waals surface area (Å²) in [6, 6.07) is 7.66. The molecule has 1 N–H and O–H groups in total. The first-order chi connectivity index (χ1) is 5.72. The third-order valence-electron chi connectivity index (χ3n) is 1.37. The number of halogens is 2. The number of hydrogen-bond acceptors (Lipinski definition) is 2. The van der Waals surface area contributed by atoms with Gasteiger partial charge in [-0.05, 0) is 17.7 Å². The molecule has 0 spiro atoms. The van der Waals surface area contributed by atoms with Crippen molar-refractivity contribution >= 4 is 32.7 Å². The van der Waals surface area contributed by atoms with Gasteiger partial charge in [0.05, 0.1) is 0 Å². The normalized spacial score (nSPS) is 11.7. The molecule has 0 fully saturated rings. The highest BCUT2D eigenvalue weighted by atomic mass is 79.9. The fraction of sp³-hybridized carbons (Fsp3) is 0.125. The topological polar surface area (TPSA) is 32.6 Å². The molecule has 0 radical (unpaired) electrons. The van der Waals surface area contributed by atoms with E-state index in [1.54, 1.807) is 0 Å². The molecule has 0 aliphatic rings. The van der Waals surface area contributed by atoms with E-state index < -0.39 is 0 Å². The zero-order chi connectivity index (χ0) is 8.97. The lowest BCUT2D eigenvalue weighted by atomic mass is 10.2. The van der Waals surface area contributed by atoms with Gasteiger partial charge in [0.15, 0.2) is 0 Å². The molecule has 0 heterocycles. The summed E-state index contributed by atoms with van der Waals surface area (Å²) >= 11 is 8.84. The Labute approximate surface area is 84.0 Å². The van der Waals surface area contributed by atoms with Crippen LogP contribution in [0.1, 0.15) is 5.56 Å². The van der Waals surface area contributed by atoms with Crippen molar-refractivity contribution in [2.24, 2.45) is 5.16 Å². The Morgan fingerprint density at radius 1 is 1.42 bits per heavy atom. The van der Waals surface area contributed by atoms with E-state index in [0.717, 1.165) is 10.0 Å². The molecule has 0 saturated carbocycles. The SMILES string of the molecule is ON=C(Cl)Cc1ccc(Br)cc1. The number of nitrogens with zero attached hydrogens (tertiary/aromatic N) is 1. The molecule has 64 valence electrons. The van der Waals surface area contributed by atoms with Crippen LogP contribution in [0.5, 0.6) is 0 Å². The van der Waals surface area contributed by atoms with Crippen LogP contribution < -0.4 is 0 Å². The summed E-state index contributed by atoms with van der Waals surface area (Å²) in [7, 11) is 0. The third kappa shape index (κ3) is 2.83. The fourth-order valence-electron chi connectivity index (χ4n) is 0.806. The maximum Gasteiger partial charge on any atom is 0.149 e. The highest BCUT2D eigenvalue weighted by molar-refractivity contribution is 9.10. The molecule has 4 heteroatoms. The Bertz CT molecular complexity index is 284. The molecule has 2 nitrogen and oxygen atoms in total. The average molecular weight is 249 g/mol. The van der Waals surface area contributed by atoms with Gasteiger partial charge in [0.1, 0.15) is 5.17 Å². The Kier molecular flexibility index (Phi) is 3.56. The van der Waals surface area contributed by atoms with E-state index in [0.29, 0.717) is 6.42 Å². The molecule has 0 amide bonds. The molecule has 1 rings (SSSR count). The molecule has 0 unspecified atom stereocenters. The van der Waals surface area contributed by atoms with Crippen molar-refractivity contribution < 1.29 is 5.21 Å². The predicted octanol–water partition coefficient (Wildman–Crippen LogP) is 3.02. The second-order valence-corrected chi connectivity index (χ2v) is 3.63. The van der Waals surface area contributed by atoms with Crippen molar-refractivity contribution in [1.29, 1.82) is 0 Å². The van der Waals surface area contributed by atoms with Crippen LogP contribution in [0.4, 0.5) is 0 Å². The predicted molar refractivity (Wildman–Crippen MR) is 52.9 cm³/mol. The second-order valence-electron chi connectivity index (χ2n) is 2.28. The van der Waals surface area contributed by atoms with Gasteiger partial charge in [0.2, 0.25) is 0 Å². The quantitative estimate of drug-likeness (QED) is 0.487. The number of oxime groups is 1. The van der Waals surface area contributed by atoms with E-state index >= 15 is 0 Å². The van der Waals surface area contributed by atoms with E-state index in [2.05, 4.69) is 21.1 Å². The van der Waals surface area contributed by atoms with Gasteiger partial charge in [-0.25, -0.2) is 0 Å². The van der Waals surface area contributed by atoms with Crippen LogP contribution in [0, 0.1) is 0 Å². The van der Waals surface area contributed by atoms with Crippen molar-refractivity contribution in [3.63, 3.8) is 0 Å². The van der Waals surface area contributed by atoms with Crippen molar-refractivity contribution in [2.75, 3.05) is 0 Å². The van der Waals surface area contributed by atoms with Gasteiger partial charge in [-0.2, -0.15) is 0 Å². The molecule has 1 aromatic carbocycles. The molecular formula is C8H7BrClNO. The number of rotatable bonds is 2. The minimum Gasteiger partial charge on any atom is -0.410 e. The summed E-state index contributed by atoms with van der Waals surface area (Å²) in [4.78, 5) is 0. The van der Waals surface area contributed by atoms with Gasteiger partial charge in [-0.3, -0.25) is 0 Å². The monoisotopic (exact) mass is 247 g/mol. The summed E-state index contributed by atoms with van der Waals surface area (Å²) < 4.78 is 1.02. The first kappa shape index (κ1) is 9.55. The fourth-order valence-corrected chi connectivity index (χ4v) is 1.22. The third-order valence-corrected chi connectivity index (χ3v) is 2.11. The number of benzene rings is 1. The first-order valence-corrected chi connectivity index (χ1v) is 4.50. The zero-order valence-corrected chi connectivity index (χ0v) is 8.51. The van der Waals surface area contributed by atoms with Crippen LogP contribution in [0.3, 0.4) is 0 Å². The Morgan fingerprint density at radius 3 is 2.50 bits per heavy atom. The lowest BCUT2D eigenvalue weighted by Crippen LogP contribution is -1.93. The van der Waals surface area contributed by atoms with Gasteiger partial charge < -0.3 is 5.21 Å². The van der Waals surface area contributed by atoms with Crippen molar-refractivity contribution in [1.82, 2.24) is 0 Å². The van der Waals surface area contributed by atoms with E-state index in [-0.39, 0.29) is 5.17 Å². The number of hydrogen-bond donors (Lipinski definition) is 1. The standard InChI is InChI=1S/C8H7BrClNO/c9-7-3-1-6(2-4-7)5-8(10)11-12/h1-4,12H,5H2. The second kappa shape index (κ2) is 4.48. The van der Waals surface area contributed by atoms with Crippen molar-refractivity contribution in [3.05, 3.63) is 34.3 Å². The van der Waals surface area contributed by atoms with Crippen LogP contribution >= 0.6 is 27.5 Å². The summed E-state index contributed by atoms with van der Waals surface area (Å²) in [6.45, 7) is 0. The summed E-state index contributed by atoms with van der Waals surface area (Å²) in [5.74, 6) is 0. The molecule has 0 atom stereocenters. The Balaban J connectivity index is 2.71. The van der Waals surface area contributed by atoms with Gasteiger partial charge >= 0.3 is 0 Å². The highest BCUT2D eigenvalue weighted by Gasteiger charge is 1.97. The first-order valence-electron chi connectivity index (χ1n) is 3.33. The highest BCUT2D eigenvalue weighted by Crippen LogP contribution is 2.11. The molecule has 0 aromatic heterocycles. The van der Waals surface area contributed by atoms with Crippen LogP contribution in [0.15, 0.2) is 33.9 Å². The summed E-state index contributed by atoms with van der Waals surface area (Å²) in [5, 5.41) is 11.4. The van der Waals surface area contributed by atoms with E-state index in [4.69, 9.17) is 16.8 Å². The Hall–Kier alpha value is -0.540. The molecule has 0 aliphatic heterocycles. The molecule has 0 saturated heterocycles. The molecule has 0 aliphatic carbocycles. The maximum atomic E-state index is 8.30. The molecule has 0 bridgehead atoms. The smallest absolute Gasteiger partial charge is 0.149 e. The van der Waals surface area contributed by atoms with Gasteiger partial charge in [0.25, 0.3) is 0 Å². The lowest BCUT2D eigenvalue weighted by molar-refractivity contribution is 0.319. The molecular weight excluding hydrogens is 241 g/mol. The van der Waals surface area contributed by atoms with Crippen LogP contribution in [0.25, 0.3) is 0 Å². The summed E-state index contributed by atoms with van der Waals surface area (Å²) in [6.07, 6.45) is 0.464. The lowest BCUT2D eigenvalue weighted by Gasteiger charge is -1.97. The maximum absolute atomic E-state index is 8.30. The Morgan fingerprint density at radius 2 is 2.00 bits per heavy atom. The van der Waals surface area contributed by atoms with E-state index in [1.807, 2.05) is 24.3 Å². The minimum atomic E-state index is 0.192. The van der Waals surface area contributed by atoms with E-state index in [9.17, 15) is 0 Å². The van der Waals surface area contributed by atoms with E-state index in [1.165, 1.54) is 0 Å². The van der Waals surface area contributed by atoms with Crippen molar-refractivity contribution in [3.8, 4) is 0 Å².